The molecule has 20 heavy (non-hydrogen) atoms. The van der Waals surface area contributed by atoms with Crippen LogP contribution in [0.25, 0.3) is 0 Å². The number of aryl methyl sites for hydroxylation is 1. The molecule has 2 nitrogen and oxygen atoms in total. The second-order valence-electron chi connectivity index (χ2n) is 5.73. The summed E-state index contributed by atoms with van der Waals surface area (Å²) in [5, 5.41) is 9.62. The van der Waals surface area contributed by atoms with Crippen molar-refractivity contribution in [2.45, 2.75) is 32.3 Å². The molecule has 1 fully saturated rings. The molecular formula is C18H20O2. The monoisotopic (exact) mass is 268 g/mol. The molecule has 3 rings (SSSR count). The molecular weight excluding hydrogens is 248 g/mol. The highest BCUT2D eigenvalue weighted by Gasteiger charge is 2.41. The highest BCUT2D eigenvalue weighted by molar-refractivity contribution is 5.38. The van der Waals surface area contributed by atoms with Gasteiger partial charge in [-0.2, -0.15) is 0 Å². The fourth-order valence-corrected chi connectivity index (χ4v) is 2.68. The molecule has 104 valence electrons. The minimum Gasteiger partial charge on any atom is -0.457 e. The molecule has 1 N–H and O–H groups in total. The van der Waals surface area contributed by atoms with E-state index in [1.165, 1.54) is 11.1 Å². The number of aliphatic hydroxyl groups is 1. The summed E-state index contributed by atoms with van der Waals surface area (Å²) in [6, 6.07) is 16.3. The fraction of sp³-hybridized carbons (Fsp3) is 0.333. The maximum atomic E-state index is 9.62. The van der Waals surface area contributed by atoms with E-state index in [4.69, 9.17) is 4.74 Å². The lowest BCUT2D eigenvalue weighted by atomic mass is 10.1. The minimum atomic E-state index is -0.221. The van der Waals surface area contributed by atoms with Crippen LogP contribution in [0.1, 0.15) is 30.4 Å². The Hall–Kier alpha value is -1.80. The molecule has 0 aromatic heterocycles. The van der Waals surface area contributed by atoms with Crippen LogP contribution in [0, 0.1) is 12.8 Å². The van der Waals surface area contributed by atoms with E-state index in [1.54, 1.807) is 0 Å². The van der Waals surface area contributed by atoms with E-state index < -0.39 is 0 Å². The van der Waals surface area contributed by atoms with E-state index in [1.807, 2.05) is 43.3 Å². The quantitative estimate of drug-likeness (QED) is 0.897. The maximum absolute atomic E-state index is 9.62. The Balaban J connectivity index is 1.73. The van der Waals surface area contributed by atoms with E-state index >= 15 is 0 Å². The van der Waals surface area contributed by atoms with Crippen molar-refractivity contribution in [3.05, 3.63) is 59.7 Å². The van der Waals surface area contributed by atoms with Crippen LogP contribution in [0.5, 0.6) is 11.5 Å². The summed E-state index contributed by atoms with van der Waals surface area (Å²) in [6.45, 7) is 3.94. The second kappa shape index (κ2) is 5.29. The topological polar surface area (TPSA) is 29.5 Å². The number of hydrogen-bond acceptors (Lipinski definition) is 2. The fourth-order valence-electron chi connectivity index (χ4n) is 2.68. The van der Waals surface area contributed by atoms with Crippen LogP contribution >= 0.6 is 0 Å². The molecule has 2 heteroatoms. The zero-order valence-corrected chi connectivity index (χ0v) is 11.9. The Bertz CT molecular complexity index is 587. The molecule has 2 aromatic carbocycles. The highest BCUT2D eigenvalue weighted by atomic mass is 16.5. The predicted octanol–water partition coefficient (Wildman–Crippen LogP) is 4.27. The van der Waals surface area contributed by atoms with E-state index in [0.29, 0.717) is 11.8 Å². The van der Waals surface area contributed by atoms with Gasteiger partial charge < -0.3 is 9.84 Å². The Morgan fingerprint density at radius 2 is 1.85 bits per heavy atom. The standard InChI is InChI=1S/C18H20O2/c1-12-6-8-15(9-7-12)20-16-5-3-4-14(10-16)18-11-17(18)13(2)19/h3-10,13,17-19H,11H2,1-2H3/t13?,17-,18-/m0/s1. The van der Waals surface area contributed by atoms with E-state index in [2.05, 4.69) is 19.1 Å². The van der Waals surface area contributed by atoms with E-state index in [0.717, 1.165) is 17.9 Å². The van der Waals surface area contributed by atoms with Gasteiger partial charge in [0.25, 0.3) is 0 Å². The molecule has 1 aliphatic carbocycles. The van der Waals surface area contributed by atoms with Crippen LogP contribution in [0.3, 0.4) is 0 Å². The van der Waals surface area contributed by atoms with E-state index in [9.17, 15) is 5.11 Å². The van der Waals surface area contributed by atoms with Crippen molar-refractivity contribution in [1.82, 2.24) is 0 Å². The third-order valence-electron chi connectivity index (χ3n) is 4.00. The van der Waals surface area contributed by atoms with Crippen molar-refractivity contribution < 1.29 is 9.84 Å². The molecule has 1 aliphatic rings. The summed E-state index contributed by atoms with van der Waals surface area (Å²) >= 11 is 0. The van der Waals surface area contributed by atoms with Crippen molar-refractivity contribution in [2.24, 2.45) is 5.92 Å². The first-order chi connectivity index (χ1) is 9.63. The summed E-state index contributed by atoms with van der Waals surface area (Å²) in [4.78, 5) is 0. The van der Waals surface area contributed by atoms with Crippen LogP contribution in [-0.4, -0.2) is 11.2 Å². The van der Waals surface area contributed by atoms with Gasteiger partial charge in [-0.3, -0.25) is 0 Å². The van der Waals surface area contributed by atoms with Gasteiger partial charge in [-0.05, 0) is 61.9 Å². The van der Waals surface area contributed by atoms with Crippen molar-refractivity contribution in [3.63, 3.8) is 0 Å². The minimum absolute atomic E-state index is 0.221. The second-order valence-corrected chi connectivity index (χ2v) is 5.73. The van der Waals surface area contributed by atoms with Crippen LogP contribution in [0.2, 0.25) is 0 Å². The number of hydrogen-bond donors (Lipinski definition) is 1. The van der Waals surface area contributed by atoms with Gasteiger partial charge in [0.15, 0.2) is 0 Å². The number of rotatable bonds is 4. The van der Waals surface area contributed by atoms with Crippen LogP contribution in [0.4, 0.5) is 0 Å². The summed E-state index contributed by atoms with van der Waals surface area (Å²) in [5.41, 5.74) is 2.49. The van der Waals surface area contributed by atoms with E-state index in [-0.39, 0.29) is 6.10 Å². The lowest BCUT2D eigenvalue weighted by Crippen LogP contribution is -2.03. The molecule has 0 amide bonds. The third-order valence-corrected chi connectivity index (χ3v) is 4.00. The van der Waals surface area contributed by atoms with Crippen molar-refractivity contribution in [1.29, 1.82) is 0 Å². The maximum Gasteiger partial charge on any atom is 0.127 e. The number of ether oxygens (including phenoxy) is 1. The average Bonchev–Trinajstić information content (AvgIpc) is 3.22. The van der Waals surface area contributed by atoms with Crippen molar-refractivity contribution >= 4 is 0 Å². The molecule has 0 radical (unpaired) electrons. The smallest absolute Gasteiger partial charge is 0.127 e. The molecule has 2 aromatic rings. The van der Waals surface area contributed by atoms with Crippen LogP contribution in [-0.2, 0) is 0 Å². The average molecular weight is 268 g/mol. The first kappa shape index (κ1) is 13.2. The lowest BCUT2D eigenvalue weighted by molar-refractivity contribution is 0.169. The first-order valence-corrected chi connectivity index (χ1v) is 7.16. The van der Waals surface area contributed by atoms with Gasteiger partial charge in [-0.25, -0.2) is 0 Å². The summed E-state index contributed by atoms with van der Waals surface area (Å²) in [5.74, 6) is 2.61. The van der Waals surface area contributed by atoms with Crippen LogP contribution < -0.4 is 4.74 Å². The zero-order chi connectivity index (χ0) is 14.1. The Labute approximate surface area is 120 Å². The highest BCUT2D eigenvalue weighted by Crippen LogP contribution is 2.50. The van der Waals surface area contributed by atoms with Crippen LogP contribution in [0.15, 0.2) is 48.5 Å². The van der Waals surface area contributed by atoms with Gasteiger partial charge in [-0.15, -0.1) is 0 Å². The van der Waals surface area contributed by atoms with Crippen molar-refractivity contribution in [3.8, 4) is 11.5 Å². The van der Waals surface area contributed by atoms with Gasteiger partial charge in [0.05, 0.1) is 6.10 Å². The largest absolute Gasteiger partial charge is 0.457 e. The molecule has 0 saturated heterocycles. The molecule has 0 spiro atoms. The van der Waals surface area contributed by atoms with Gasteiger partial charge in [-0.1, -0.05) is 29.8 Å². The molecule has 1 unspecified atom stereocenters. The predicted molar refractivity (Wildman–Crippen MR) is 80.2 cm³/mol. The summed E-state index contributed by atoms with van der Waals surface area (Å²) < 4.78 is 5.89. The number of aliphatic hydroxyl groups excluding tert-OH is 1. The summed E-state index contributed by atoms with van der Waals surface area (Å²) in [6.07, 6.45) is 0.854. The first-order valence-electron chi connectivity index (χ1n) is 7.16. The Kier molecular flexibility index (Phi) is 3.49. The Morgan fingerprint density at radius 3 is 2.50 bits per heavy atom. The van der Waals surface area contributed by atoms with Gasteiger partial charge in [0, 0.05) is 0 Å². The third kappa shape index (κ3) is 2.86. The molecule has 1 saturated carbocycles. The SMILES string of the molecule is Cc1ccc(Oc2cccc([C@@H]3C[C@H]3C(C)O)c2)cc1. The molecule has 0 heterocycles. The zero-order valence-electron chi connectivity index (χ0n) is 11.9. The lowest BCUT2D eigenvalue weighted by Gasteiger charge is -2.08. The normalized spacial score (nSPS) is 22.4. The van der Waals surface area contributed by atoms with Gasteiger partial charge >= 0.3 is 0 Å². The molecule has 0 bridgehead atoms. The molecule has 3 atom stereocenters. The summed E-state index contributed by atoms with van der Waals surface area (Å²) in [7, 11) is 0. The van der Waals surface area contributed by atoms with Crippen molar-refractivity contribution in [2.75, 3.05) is 0 Å². The number of benzene rings is 2. The van der Waals surface area contributed by atoms with Gasteiger partial charge in [0.2, 0.25) is 0 Å². The Morgan fingerprint density at radius 1 is 1.10 bits per heavy atom. The van der Waals surface area contributed by atoms with Gasteiger partial charge in [0.1, 0.15) is 11.5 Å². The molecule has 0 aliphatic heterocycles.